The fraction of sp³-hybridized carbons (Fsp3) is 0.571. The zero-order valence-electron chi connectivity index (χ0n) is 11.5. The number of hydrogen-bond acceptors (Lipinski definition) is 4. The van der Waals surface area contributed by atoms with E-state index in [0.29, 0.717) is 37.5 Å². The van der Waals surface area contributed by atoms with Crippen LogP contribution in [-0.4, -0.2) is 37.5 Å². The standard InChI is InChI=1S/C14H21N3O2S/c18-13(17-9-12-3-1-6-15-12)4-2-7-16-14(19)11-5-8-20-10-11/h5,8,10,12,15H,1-4,6-7,9H2,(H,16,19)(H,17,18). The van der Waals surface area contributed by atoms with Gasteiger partial charge in [-0.05, 0) is 37.3 Å². The van der Waals surface area contributed by atoms with Gasteiger partial charge in [-0.1, -0.05) is 0 Å². The van der Waals surface area contributed by atoms with Gasteiger partial charge in [-0.3, -0.25) is 9.59 Å². The van der Waals surface area contributed by atoms with Gasteiger partial charge in [0.15, 0.2) is 0 Å². The average molecular weight is 295 g/mol. The second kappa shape index (κ2) is 8.01. The van der Waals surface area contributed by atoms with E-state index in [9.17, 15) is 9.59 Å². The molecule has 1 aliphatic rings. The third-order valence-corrected chi connectivity index (χ3v) is 4.04. The molecular weight excluding hydrogens is 274 g/mol. The Bertz CT molecular complexity index is 428. The van der Waals surface area contributed by atoms with Crippen LogP contribution in [0.4, 0.5) is 0 Å². The number of carbonyl (C=O) groups excluding carboxylic acids is 2. The molecule has 0 saturated carbocycles. The van der Waals surface area contributed by atoms with Gasteiger partial charge in [0.2, 0.25) is 5.91 Å². The highest BCUT2D eigenvalue weighted by atomic mass is 32.1. The maximum Gasteiger partial charge on any atom is 0.252 e. The van der Waals surface area contributed by atoms with Gasteiger partial charge in [-0.2, -0.15) is 11.3 Å². The second-order valence-electron chi connectivity index (χ2n) is 4.97. The highest BCUT2D eigenvalue weighted by Crippen LogP contribution is 2.05. The van der Waals surface area contributed by atoms with Crippen molar-refractivity contribution in [1.82, 2.24) is 16.0 Å². The maximum atomic E-state index is 11.6. The topological polar surface area (TPSA) is 70.2 Å². The second-order valence-corrected chi connectivity index (χ2v) is 5.75. The SMILES string of the molecule is O=C(CCCNC(=O)c1ccsc1)NCC1CCCN1. The molecule has 0 aromatic carbocycles. The van der Waals surface area contributed by atoms with Gasteiger partial charge in [-0.15, -0.1) is 0 Å². The Kier molecular flexibility index (Phi) is 6.01. The first-order valence-corrected chi connectivity index (χ1v) is 8.00. The number of hydrogen-bond donors (Lipinski definition) is 3. The van der Waals surface area contributed by atoms with Crippen molar-refractivity contribution in [2.75, 3.05) is 19.6 Å². The summed E-state index contributed by atoms with van der Waals surface area (Å²) in [6.45, 7) is 2.29. The van der Waals surface area contributed by atoms with E-state index < -0.39 is 0 Å². The van der Waals surface area contributed by atoms with Crippen molar-refractivity contribution in [2.24, 2.45) is 0 Å². The van der Waals surface area contributed by atoms with E-state index in [1.165, 1.54) is 17.8 Å². The zero-order valence-corrected chi connectivity index (χ0v) is 12.3. The smallest absolute Gasteiger partial charge is 0.252 e. The summed E-state index contributed by atoms with van der Waals surface area (Å²) in [4.78, 5) is 23.3. The van der Waals surface area contributed by atoms with Crippen molar-refractivity contribution in [1.29, 1.82) is 0 Å². The number of carbonyl (C=O) groups is 2. The predicted molar refractivity (Wildman–Crippen MR) is 79.9 cm³/mol. The lowest BCUT2D eigenvalue weighted by molar-refractivity contribution is -0.121. The van der Waals surface area contributed by atoms with E-state index in [-0.39, 0.29) is 11.8 Å². The monoisotopic (exact) mass is 295 g/mol. The molecule has 2 heterocycles. The molecule has 110 valence electrons. The van der Waals surface area contributed by atoms with Crippen molar-refractivity contribution >= 4 is 23.2 Å². The van der Waals surface area contributed by atoms with E-state index in [1.54, 1.807) is 6.07 Å². The molecule has 1 aromatic heterocycles. The Hall–Kier alpha value is -1.40. The summed E-state index contributed by atoms with van der Waals surface area (Å²) in [5.41, 5.74) is 0.687. The molecule has 5 nitrogen and oxygen atoms in total. The van der Waals surface area contributed by atoms with E-state index in [1.807, 2.05) is 10.8 Å². The lowest BCUT2D eigenvalue weighted by atomic mass is 10.2. The number of thiophene rings is 1. The molecule has 1 aliphatic heterocycles. The molecule has 0 bridgehead atoms. The van der Waals surface area contributed by atoms with Gasteiger partial charge in [0, 0.05) is 36.5 Å². The summed E-state index contributed by atoms with van der Waals surface area (Å²) in [6.07, 6.45) is 3.45. The van der Waals surface area contributed by atoms with Crippen LogP contribution in [0.3, 0.4) is 0 Å². The molecule has 0 aliphatic carbocycles. The van der Waals surface area contributed by atoms with Crippen molar-refractivity contribution in [3.05, 3.63) is 22.4 Å². The van der Waals surface area contributed by atoms with Gasteiger partial charge >= 0.3 is 0 Å². The quantitative estimate of drug-likeness (QED) is 0.660. The number of nitrogens with one attached hydrogen (secondary N) is 3. The molecule has 0 radical (unpaired) electrons. The van der Waals surface area contributed by atoms with Crippen molar-refractivity contribution in [2.45, 2.75) is 31.7 Å². The molecule has 1 fully saturated rings. The lowest BCUT2D eigenvalue weighted by Crippen LogP contribution is -2.37. The van der Waals surface area contributed by atoms with Crippen LogP contribution in [0.5, 0.6) is 0 Å². The van der Waals surface area contributed by atoms with Crippen molar-refractivity contribution in [3.8, 4) is 0 Å². The summed E-state index contributed by atoms with van der Waals surface area (Å²) >= 11 is 1.50. The first kappa shape index (κ1) is 15.0. The molecule has 1 saturated heterocycles. The third-order valence-electron chi connectivity index (χ3n) is 3.36. The van der Waals surface area contributed by atoms with E-state index in [0.717, 1.165) is 13.0 Å². The summed E-state index contributed by atoms with van der Waals surface area (Å²) in [5.74, 6) is -0.00899. The molecule has 2 rings (SSSR count). The van der Waals surface area contributed by atoms with Gasteiger partial charge in [-0.25, -0.2) is 0 Å². The molecule has 2 amide bonds. The van der Waals surface area contributed by atoms with Gasteiger partial charge in [0.25, 0.3) is 5.91 Å². The predicted octanol–water partition coefficient (Wildman–Crippen LogP) is 1.13. The van der Waals surface area contributed by atoms with E-state index in [2.05, 4.69) is 16.0 Å². The molecule has 3 N–H and O–H groups in total. The van der Waals surface area contributed by atoms with Crippen LogP contribution in [0.2, 0.25) is 0 Å². The Labute approximate surface area is 123 Å². The summed E-state index contributed by atoms with van der Waals surface area (Å²) < 4.78 is 0. The summed E-state index contributed by atoms with van der Waals surface area (Å²) in [7, 11) is 0. The first-order chi connectivity index (χ1) is 9.75. The van der Waals surface area contributed by atoms with Crippen LogP contribution in [0.1, 0.15) is 36.0 Å². The Morgan fingerprint density at radius 2 is 2.30 bits per heavy atom. The fourth-order valence-electron chi connectivity index (χ4n) is 2.20. The lowest BCUT2D eigenvalue weighted by Gasteiger charge is -2.11. The Balaban J connectivity index is 1.52. The number of rotatable bonds is 7. The zero-order chi connectivity index (χ0) is 14.2. The number of amides is 2. The van der Waals surface area contributed by atoms with Crippen LogP contribution in [0.15, 0.2) is 16.8 Å². The highest BCUT2D eigenvalue weighted by molar-refractivity contribution is 7.08. The van der Waals surface area contributed by atoms with Crippen LogP contribution in [-0.2, 0) is 4.79 Å². The van der Waals surface area contributed by atoms with Gasteiger partial charge in [0.1, 0.15) is 0 Å². The van der Waals surface area contributed by atoms with Gasteiger partial charge < -0.3 is 16.0 Å². The minimum absolute atomic E-state index is 0.0588. The molecule has 20 heavy (non-hydrogen) atoms. The van der Waals surface area contributed by atoms with Crippen LogP contribution >= 0.6 is 11.3 Å². The molecular formula is C14H21N3O2S. The summed E-state index contributed by atoms with van der Waals surface area (Å²) in [6, 6.07) is 2.22. The average Bonchev–Trinajstić information content (AvgIpc) is 3.13. The van der Waals surface area contributed by atoms with Gasteiger partial charge in [0.05, 0.1) is 0 Å². The minimum atomic E-state index is -0.0678. The molecule has 1 atom stereocenters. The van der Waals surface area contributed by atoms with Crippen LogP contribution in [0, 0.1) is 0 Å². The van der Waals surface area contributed by atoms with Crippen LogP contribution < -0.4 is 16.0 Å². The van der Waals surface area contributed by atoms with Crippen molar-refractivity contribution < 1.29 is 9.59 Å². The van der Waals surface area contributed by atoms with Crippen molar-refractivity contribution in [3.63, 3.8) is 0 Å². The maximum absolute atomic E-state index is 11.6. The Morgan fingerprint density at radius 1 is 1.40 bits per heavy atom. The normalized spacial score (nSPS) is 17.9. The van der Waals surface area contributed by atoms with Crippen LogP contribution in [0.25, 0.3) is 0 Å². The largest absolute Gasteiger partial charge is 0.355 e. The Morgan fingerprint density at radius 3 is 3.00 bits per heavy atom. The fourth-order valence-corrected chi connectivity index (χ4v) is 2.84. The highest BCUT2D eigenvalue weighted by Gasteiger charge is 2.14. The van der Waals surface area contributed by atoms with E-state index >= 15 is 0 Å². The first-order valence-electron chi connectivity index (χ1n) is 7.06. The molecule has 6 heteroatoms. The summed E-state index contributed by atoms with van der Waals surface area (Å²) in [5, 5.41) is 12.8. The molecule has 1 unspecified atom stereocenters. The molecule has 1 aromatic rings. The minimum Gasteiger partial charge on any atom is -0.355 e. The third kappa shape index (κ3) is 4.94. The molecule has 0 spiro atoms. The van der Waals surface area contributed by atoms with E-state index in [4.69, 9.17) is 0 Å².